The van der Waals surface area contributed by atoms with Crippen LogP contribution in [0, 0.1) is 0 Å². The summed E-state index contributed by atoms with van der Waals surface area (Å²) >= 11 is 3.21. The van der Waals surface area contributed by atoms with Crippen LogP contribution in [0.5, 0.6) is 0 Å². The van der Waals surface area contributed by atoms with Crippen LogP contribution in [0.25, 0.3) is 22.9 Å². The van der Waals surface area contributed by atoms with Crippen molar-refractivity contribution in [2.24, 2.45) is 0 Å². The normalized spacial score (nSPS) is 11.0. The Morgan fingerprint density at radius 3 is 2.78 bits per heavy atom. The third-order valence-corrected chi connectivity index (χ3v) is 5.09. The molecular weight excluding hydrogens is 330 g/mol. The Morgan fingerprint density at radius 1 is 1.04 bits per heavy atom. The molecule has 0 bridgehead atoms. The molecule has 4 rings (SSSR count). The molecule has 0 fully saturated rings. The third-order valence-electron chi connectivity index (χ3n) is 3.08. The minimum Gasteiger partial charge on any atom is -0.459 e. The zero-order valence-electron chi connectivity index (χ0n) is 11.9. The smallest absolute Gasteiger partial charge is 0.293 e. The molecule has 0 amide bonds. The Bertz CT molecular complexity index is 885. The molecule has 0 N–H and O–H groups in total. The van der Waals surface area contributed by atoms with Gasteiger partial charge in [-0.05, 0) is 12.1 Å². The maximum Gasteiger partial charge on any atom is 0.293 e. The highest BCUT2D eigenvalue weighted by atomic mass is 32.2. The van der Waals surface area contributed by atoms with E-state index in [0.29, 0.717) is 23.2 Å². The summed E-state index contributed by atoms with van der Waals surface area (Å²) in [7, 11) is 0. The summed E-state index contributed by atoms with van der Waals surface area (Å²) in [5.41, 5.74) is 2.11. The zero-order valence-corrected chi connectivity index (χ0v) is 13.5. The molecule has 0 aliphatic rings. The van der Waals surface area contributed by atoms with E-state index in [9.17, 15) is 0 Å². The topological polar surface area (TPSA) is 65.0 Å². The van der Waals surface area contributed by atoms with Crippen molar-refractivity contribution in [1.29, 1.82) is 0 Å². The summed E-state index contributed by atoms with van der Waals surface area (Å²) in [5, 5.41) is 6.02. The molecule has 0 saturated heterocycles. The lowest BCUT2D eigenvalue weighted by Crippen LogP contribution is -1.84. The second kappa shape index (κ2) is 6.39. The Morgan fingerprint density at radius 2 is 1.96 bits per heavy atom. The van der Waals surface area contributed by atoms with E-state index in [4.69, 9.17) is 8.94 Å². The maximum absolute atomic E-state index is 5.23. The second-order valence-corrected chi connectivity index (χ2v) is 6.73. The quantitative estimate of drug-likeness (QED) is 0.488. The lowest BCUT2D eigenvalue weighted by atomic mass is 10.2. The standard InChI is InChI=1S/C16H11N3O2S2/c1-2-5-11(6-3-1)12-9-22-16(17-12)23-10-14-18-15(21-19-14)13-7-4-8-20-13/h1-9H,10H2. The van der Waals surface area contributed by atoms with Gasteiger partial charge in [-0.3, -0.25) is 0 Å². The van der Waals surface area contributed by atoms with Gasteiger partial charge in [-0.25, -0.2) is 4.98 Å². The predicted octanol–water partition coefficient (Wildman–Crippen LogP) is 4.75. The van der Waals surface area contributed by atoms with Crippen LogP contribution in [0.15, 0.2) is 67.4 Å². The van der Waals surface area contributed by atoms with E-state index in [1.54, 1.807) is 41.5 Å². The molecule has 0 atom stereocenters. The van der Waals surface area contributed by atoms with Gasteiger partial charge in [-0.1, -0.05) is 47.3 Å². The van der Waals surface area contributed by atoms with Crippen molar-refractivity contribution in [3.8, 4) is 22.9 Å². The van der Waals surface area contributed by atoms with Crippen LogP contribution in [0.3, 0.4) is 0 Å². The van der Waals surface area contributed by atoms with Gasteiger partial charge < -0.3 is 8.94 Å². The van der Waals surface area contributed by atoms with Gasteiger partial charge in [0.05, 0.1) is 17.7 Å². The fourth-order valence-corrected chi connectivity index (χ4v) is 3.68. The van der Waals surface area contributed by atoms with Gasteiger partial charge >= 0.3 is 0 Å². The molecule has 0 aliphatic heterocycles. The van der Waals surface area contributed by atoms with Gasteiger partial charge in [0.1, 0.15) is 0 Å². The number of thiazole rings is 1. The molecule has 23 heavy (non-hydrogen) atoms. The van der Waals surface area contributed by atoms with E-state index in [1.165, 1.54) is 0 Å². The van der Waals surface area contributed by atoms with Crippen molar-refractivity contribution in [3.05, 3.63) is 59.9 Å². The van der Waals surface area contributed by atoms with Crippen molar-refractivity contribution in [2.75, 3.05) is 0 Å². The van der Waals surface area contributed by atoms with E-state index < -0.39 is 0 Å². The number of hydrogen-bond donors (Lipinski definition) is 0. The third kappa shape index (κ3) is 3.20. The van der Waals surface area contributed by atoms with Gasteiger partial charge in [0.25, 0.3) is 5.89 Å². The summed E-state index contributed by atoms with van der Waals surface area (Å²) in [6.45, 7) is 0. The molecule has 0 aliphatic carbocycles. The fourth-order valence-electron chi connectivity index (χ4n) is 2.00. The minimum absolute atomic E-state index is 0.398. The lowest BCUT2D eigenvalue weighted by Gasteiger charge is -1.94. The molecule has 3 heterocycles. The molecule has 0 unspecified atom stereocenters. The molecule has 3 aromatic heterocycles. The van der Waals surface area contributed by atoms with Gasteiger partial charge in [0.15, 0.2) is 15.9 Å². The van der Waals surface area contributed by atoms with Crippen molar-refractivity contribution in [3.63, 3.8) is 0 Å². The summed E-state index contributed by atoms with van der Waals surface area (Å²) in [5.74, 6) is 2.20. The molecule has 5 nitrogen and oxygen atoms in total. The Kier molecular flexibility index (Phi) is 3.95. The Hall–Kier alpha value is -2.38. The Balaban J connectivity index is 1.43. The van der Waals surface area contributed by atoms with Crippen LogP contribution in [0.2, 0.25) is 0 Å². The van der Waals surface area contributed by atoms with Crippen molar-refractivity contribution < 1.29 is 8.94 Å². The van der Waals surface area contributed by atoms with Crippen LogP contribution in [-0.2, 0) is 5.75 Å². The van der Waals surface area contributed by atoms with Crippen molar-refractivity contribution in [1.82, 2.24) is 15.1 Å². The molecule has 114 valence electrons. The van der Waals surface area contributed by atoms with Gasteiger partial charge in [-0.2, -0.15) is 4.98 Å². The van der Waals surface area contributed by atoms with Gasteiger partial charge in [-0.15, -0.1) is 11.3 Å². The second-order valence-electron chi connectivity index (χ2n) is 4.65. The number of rotatable bonds is 5. The highest BCUT2D eigenvalue weighted by molar-refractivity contribution is 8.00. The largest absolute Gasteiger partial charge is 0.459 e. The molecule has 4 aromatic rings. The number of furan rings is 1. The number of thioether (sulfide) groups is 1. The van der Waals surface area contributed by atoms with Crippen molar-refractivity contribution in [2.45, 2.75) is 10.1 Å². The average molecular weight is 341 g/mol. The zero-order chi connectivity index (χ0) is 15.5. The molecule has 0 radical (unpaired) electrons. The van der Waals surface area contributed by atoms with Gasteiger partial charge in [0, 0.05) is 10.9 Å². The number of nitrogens with zero attached hydrogens (tertiary/aromatic N) is 3. The van der Waals surface area contributed by atoms with Crippen LogP contribution < -0.4 is 0 Å². The van der Waals surface area contributed by atoms with E-state index in [1.807, 2.05) is 18.2 Å². The van der Waals surface area contributed by atoms with Gasteiger partial charge in [0.2, 0.25) is 0 Å². The number of aromatic nitrogens is 3. The van der Waals surface area contributed by atoms with Crippen LogP contribution in [-0.4, -0.2) is 15.1 Å². The highest BCUT2D eigenvalue weighted by Gasteiger charge is 2.12. The molecule has 0 spiro atoms. The summed E-state index contributed by atoms with van der Waals surface area (Å²) in [4.78, 5) is 8.95. The number of benzene rings is 1. The summed E-state index contributed by atoms with van der Waals surface area (Å²) in [6.07, 6.45) is 1.58. The van der Waals surface area contributed by atoms with Crippen LogP contribution in [0.4, 0.5) is 0 Å². The highest BCUT2D eigenvalue weighted by Crippen LogP contribution is 2.30. The average Bonchev–Trinajstić information content (AvgIpc) is 3.33. The van der Waals surface area contributed by atoms with Crippen LogP contribution in [0.1, 0.15) is 5.82 Å². The van der Waals surface area contributed by atoms with E-state index in [2.05, 4.69) is 32.6 Å². The molecule has 7 heteroatoms. The first-order chi connectivity index (χ1) is 11.4. The lowest BCUT2D eigenvalue weighted by molar-refractivity contribution is 0.411. The minimum atomic E-state index is 0.398. The molecule has 0 saturated carbocycles. The van der Waals surface area contributed by atoms with Crippen LogP contribution >= 0.6 is 23.1 Å². The SMILES string of the molecule is c1ccc(-c2csc(SCc3noc(-c4ccco4)n3)n2)cc1. The van der Waals surface area contributed by atoms with Crippen molar-refractivity contribution >= 4 is 23.1 Å². The summed E-state index contributed by atoms with van der Waals surface area (Å²) < 4.78 is 11.4. The van der Waals surface area contributed by atoms with E-state index >= 15 is 0 Å². The van der Waals surface area contributed by atoms with E-state index in [0.717, 1.165) is 15.6 Å². The molecular formula is C16H11N3O2S2. The predicted molar refractivity (Wildman–Crippen MR) is 89.1 cm³/mol. The monoisotopic (exact) mass is 341 g/mol. The summed E-state index contributed by atoms with van der Waals surface area (Å²) in [6, 6.07) is 13.7. The maximum atomic E-state index is 5.23. The first-order valence-corrected chi connectivity index (χ1v) is 8.75. The number of hydrogen-bond acceptors (Lipinski definition) is 7. The fraction of sp³-hybridized carbons (Fsp3) is 0.0625. The first-order valence-electron chi connectivity index (χ1n) is 6.89. The Labute approximate surface area is 140 Å². The molecule has 1 aromatic carbocycles. The van der Waals surface area contributed by atoms with E-state index in [-0.39, 0.29) is 0 Å². The first kappa shape index (κ1) is 14.2.